The maximum Gasteiger partial charge on any atom is 0.575 e. The van der Waals surface area contributed by atoms with Crippen molar-refractivity contribution in [1.82, 2.24) is 4.90 Å². The van der Waals surface area contributed by atoms with Gasteiger partial charge in [-0.1, -0.05) is 6.42 Å². The fourth-order valence-electron chi connectivity index (χ4n) is 2.28. The molecule has 0 saturated heterocycles. The molecule has 2 heterocycles. The molecule has 0 spiro atoms. The highest BCUT2D eigenvalue weighted by atomic mass is 16.8. The number of carbonyl (C=O) groups excluding carboxylic acids is 4. The molecule has 0 saturated carbocycles. The van der Waals surface area contributed by atoms with Crippen LogP contribution in [0.1, 0.15) is 25.7 Å². The van der Waals surface area contributed by atoms with Gasteiger partial charge in [0.2, 0.25) is 19.2 Å². The number of aromatic nitrogens is 1. The number of imide groups is 1. The summed E-state index contributed by atoms with van der Waals surface area (Å²) in [6, 6.07) is 2.25. The van der Waals surface area contributed by atoms with Crippen molar-refractivity contribution in [2.75, 3.05) is 13.3 Å². The van der Waals surface area contributed by atoms with E-state index >= 15 is 0 Å². The molecule has 0 aromatic carbocycles. The Kier molecular flexibility index (Phi) is 7.77. The van der Waals surface area contributed by atoms with E-state index in [1.165, 1.54) is 12.2 Å². The molecule has 2 rings (SSSR count). The standard InChI is InChI=1S/C17H18N3O9/c21-14-5-6-15(22)19(14)9-3-1-2-4-16(23)27-12-28-17(24)29-18-10-7-13(8-11-18)20(25)26/h5-8,10-11H,1-4,9,12H2/q+1. The minimum Gasteiger partial charge on any atom is -0.428 e. The van der Waals surface area contributed by atoms with Crippen molar-refractivity contribution in [2.24, 2.45) is 0 Å². The van der Waals surface area contributed by atoms with E-state index in [2.05, 4.69) is 9.57 Å². The first-order chi connectivity index (χ1) is 13.9. The van der Waals surface area contributed by atoms with Gasteiger partial charge in [0.15, 0.2) is 0 Å². The molecule has 0 N–H and O–H groups in total. The predicted octanol–water partition coefficient (Wildman–Crippen LogP) is 0.434. The molecule has 0 fully saturated rings. The summed E-state index contributed by atoms with van der Waals surface area (Å²) < 4.78 is 10.2. The van der Waals surface area contributed by atoms with Crippen molar-refractivity contribution in [2.45, 2.75) is 25.7 Å². The van der Waals surface area contributed by atoms with Crippen molar-refractivity contribution in [1.29, 1.82) is 0 Å². The van der Waals surface area contributed by atoms with Crippen LogP contribution in [0.5, 0.6) is 0 Å². The fraction of sp³-hybridized carbons (Fsp3) is 0.353. The normalized spacial score (nSPS) is 12.8. The third kappa shape index (κ3) is 7.01. The van der Waals surface area contributed by atoms with E-state index in [1.54, 1.807) is 0 Å². The molecule has 1 aliphatic heterocycles. The summed E-state index contributed by atoms with van der Waals surface area (Å²) in [5.74, 6) is -1.27. The summed E-state index contributed by atoms with van der Waals surface area (Å²) >= 11 is 0. The summed E-state index contributed by atoms with van der Waals surface area (Å²) in [5.41, 5.74) is -0.178. The van der Waals surface area contributed by atoms with Gasteiger partial charge < -0.3 is 9.47 Å². The second-order valence-electron chi connectivity index (χ2n) is 5.77. The highest BCUT2D eigenvalue weighted by Crippen LogP contribution is 2.08. The number of carbonyl (C=O) groups is 4. The second kappa shape index (κ2) is 10.5. The third-order valence-corrected chi connectivity index (χ3v) is 3.74. The van der Waals surface area contributed by atoms with Gasteiger partial charge in [-0.25, -0.2) is 0 Å². The molecule has 0 unspecified atom stereocenters. The predicted molar refractivity (Wildman–Crippen MR) is 91.6 cm³/mol. The van der Waals surface area contributed by atoms with Gasteiger partial charge in [0.05, 0.1) is 17.1 Å². The molecule has 2 amide bonds. The van der Waals surface area contributed by atoms with Gasteiger partial charge in [0, 0.05) is 29.8 Å². The largest absolute Gasteiger partial charge is 0.575 e. The average molecular weight is 408 g/mol. The lowest BCUT2D eigenvalue weighted by molar-refractivity contribution is -0.870. The molecular weight excluding hydrogens is 390 g/mol. The van der Waals surface area contributed by atoms with Crippen molar-refractivity contribution in [3.8, 4) is 0 Å². The molecule has 12 heteroatoms. The van der Waals surface area contributed by atoms with Crippen molar-refractivity contribution in [3.05, 3.63) is 46.8 Å². The summed E-state index contributed by atoms with van der Waals surface area (Å²) in [5, 5.41) is 10.5. The number of unbranched alkanes of at least 4 members (excludes halogenated alkanes) is 2. The van der Waals surface area contributed by atoms with Gasteiger partial charge in [-0.3, -0.25) is 29.4 Å². The van der Waals surface area contributed by atoms with E-state index in [0.717, 1.165) is 34.2 Å². The summed E-state index contributed by atoms with van der Waals surface area (Å²) in [6.07, 6.45) is 5.27. The highest BCUT2D eigenvalue weighted by Gasteiger charge is 2.22. The Morgan fingerprint density at radius 2 is 1.69 bits per heavy atom. The van der Waals surface area contributed by atoms with Crippen LogP contribution in [-0.4, -0.2) is 47.1 Å². The number of rotatable bonds is 10. The Balaban J connectivity index is 1.53. The molecule has 1 aromatic rings. The Bertz CT molecular complexity index is 802. The van der Waals surface area contributed by atoms with Crippen LogP contribution in [0.2, 0.25) is 0 Å². The molecule has 0 radical (unpaired) electrons. The van der Waals surface area contributed by atoms with Crippen molar-refractivity contribution >= 4 is 29.6 Å². The zero-order valence-corrected chi connectivity index (χ0v) is 15.2. The monoisotopic (exact) mass is 408 g/mol. The molecular formula is C17H18N3O9+. The van der Waals surface area contributed by atoms with Crippen LogP contribution in [0.3, 0.4) is 0 Å². The topological polar surface area (TPSA) is 146 Å². The summed E-state index contributed by atoms with van der Waals surface area (Å²) in [7, 11) is 0. The van der Waals surface area contributed by atoms with Crippen LogP contribution in [0.25, 0.3) is 0 Å². The Morgan fingerprint density at radius 1 is 1.03 bits per heavy atom. The summed E-state index contributed by atoms with van der Waals surface area (Å²) in [6.45, 7) is -0.358. The first-order valence-electron chi connectivity index (χ1n) is 8.57. The Labute approximate surface area is 164 Å². The molecule has 1 aliphatic rings. The number of nitro groups is 1. The quantitative estimate of drug-likeness (QED) is 0.102. The average Bonchev–Trinajstić information content (AvgIpc) is 3.00. The maximum absolute atomic E-state index is 11.6. The fourth-order valence-corrected chi connectivity index (χ4v) is 2.28. The third-order valence-electron chi connectivity index (χ3n) is 3.74. The number of amides is 2. The molecule has 0 atom stereocenters. The zero-order chi connectivity index (χ0) is 21.2. The van der Waals surface area contributed by atoms with Gasteiger partial charge in [-0.05, 0) is 12.8 Å². The van der Waals surface area contributed by atoms with Crippen LogP contribution in [0, 0.1) is 10.1 Å². The van der Waals surface area contributed by atoms with Crippen LogP contribution >= 0.6 is 0 Å². The van der Waals surface area contributed by atoms with E-state index in [0.29, 0.717) is 19.3 Å². The Morgan fingerprint density at radius 3 is 2.31 bits per heavy atom. The van der Waals surface area contributed by atoms with Gasteiger partial charge in [-0.15, -0.1) is 4.84 Å². The van der Waals surface area contributed by atoms with Gasteiger partial charge in [0.1, 0.15) is 0 Å². The zero-order valence-electron chi connectivity index (χ0n) is 15.2. The number of pyridine rings is 1. The van der Waals surface area contributed by atoms with Crippen LogP contribution < -0.4 is 9.57 Å². The van der Waals surface area contributed by atoms with E-state index < -0.39 is 23.8 Å². The SMILES string of the molecule is O=C(CCCCCN1C(=O)C=CC1=O)OCOC(=O)O[n+]1ccc([N+](=O)[O-])cc1. The maximum atomic E-state index is 11.6. The number of hydrogen-bond acceptors (Lipinski definition) is 9. The first kappa shape index (κ1) is 21.5. The van der Waals surface area contributed by atoms with E-state index in [4.69, 9.17) is 4.74 Å². The lowest BCUT2D eigenvalue weighted by Gasteiger charge is -2.12. The number of nitrogens with zero attached hydrogens (tertiary/aromatic N) is 3. The van der Waals surface area contributed by atoms with Crippen LogP contribution in [0.4, 0.5) is 10.5 Å². The minimum atomic E-state index is -1.16. The van der Waals surface area contributed by atoms with Crippen molar-refractivity contribution < 1.29 is 43.1 Å². The number of esters is 1. The molecule has 0 aliphatic carbocycles. The molecule has 1 aromatic heterocycles. The molecule has 0 bridgehead atoms. The smallest absolute Gasteiger partial charge is 0.428 e. The van der Waals surface area contributed by atoms with Gasteiger partial charge in [0.25, 0.3) is 17.5 Å². The lowest BCUT2D eigenvalue weighted by Crippen LogP contribution is -2.45. The number of ether oxygens (including phenoxy) is 2. The van der Waals surface area contributed by atoms with Crippen LogP contribution in [0.15, 0.2) is 36.7 Å². The molecule has 29 heavy (non-hydrogen) atoms. The molecule has 12 nitrogen and oxygen atoms in total. The first-order valence-corrected chi connectivity index (χ1v) is 8.57. The second-order valence-corrected chi connectivity index (χ2v) is 5.77. The van der Waals surface area contributed by atoms with E-state index in [1.807, 2.05) is 0 Å². The van der Waals surface area contributed by atoms with Crippen molar-refractivity contribution in [3.63, 3.8) is 0 Å². The highest BCUT2D eigenvalue weighted by molar-refractivity contribution is 6.12. The van der Waals surface area contributed by atoms with E-state index in [-0.39, 0.29) is 30.5 Å². The Hall–Kier alpha value is -3.83. The number of hydrogen-bond donors (Lipinski definition) is 0. The van der Waals surface area contributed by atoms with Gasteiger partial charge in [-0.2, -0.15) is 4.79 Å². The van der Waals surface area contributed by atoms with Crippen LogP contribution in [-0.2, 0) is 23.9 Å². The minimum absolute atomic E-state index is 0.0790. The van der Waals surface area contributed by atoms with E-state index in [9.17, 15) is 29.3 Å². The summed E-state index contributed by atoms with van der Waals surface area (Å²) in [4.78, 5) is 61.4. The molecule has 154 valence electrons. The lowest BCUT2D eigenvalue weighted by atomic mass is 10.2. The van der Waals surface area contributed by atoms with Gasteiger partial charge >= 0.3 is 12.1 Å².